The first-order chi connectivity index (χ1) is 9.01. The molecule has 1 N–H and O–H groups in total. The molecule has 2 aromatic carbocycles. The lowest BCUT2D eigenvalue weighted by atomic mass is 9.95. The van der Waals surface area contributed by atoms with Crippen molar-refractivity contribution in [2.75, 3.05) is 7.05 Å². The summed E-state index contributed by atoms with van der Waals surface area (Å²) in [7, 11) is 1.66. The maximum Gasteiger partial charge on any atom is 0.126 e. The molecule has 0 amide bonds. The second-order valence-corrected chi connectivity index (χ2v) is 4.43. The van der Waals surface area contributed by atoms with Crippen molar-refractivity contribution in [1.29, 1.82) is 0 Å². The number of benzene rings is 2. The predicted octanol–water partition coefficient (Wildman–Crippen LogP) is 3.72. The van der Waals surface area contributed by atoms with Crippen LogP contribution in [0, 0.1) is 24.4 Å². The van der Waals surface area contributed by atoms with E-state index in [1.807, 2.05) is 6.92 Å². The summed E-state index contributed by atoms with van der Waals surface area (Å²) in [4.78, 5) is 0. The molecule has 0 spiro atoms. The van der Waals surface area contributed by atoms with Gasteiger partial charge in [0.15, 0.2) is 0 Å². The van der Waals surface area contributed by atoms with Gasteiger partial charge < -0.3 is 5.32 Å². The molecule has 0 saturated heterocycles. The summed E-state index contributed by atoms with van der Waals surface area (Å²) in [5.41, 5.74) is 1.94. The van der Waals surface area contributed by atoms with Crippen LogP contribution in [0.4, 0.5) is 13.2 Å². The van der Waals surface area contributed by atoms with Gasteiger partial charge in [0.05, 0.1) is 6.04 Å². The van der Waals surface area contributed by atoms with Crippen LogP contribution in [0.1, 0.15) is 22.7 Å². The number of halogens is 3. The van der Waals surface area contributed by atoms with Crippen LogP contribution in [0.25, 0.3) is 0 Å². The molecule has 0 aliphatic heterocycles. The average molecular weight is 265 g/mol. The van der Waals surface area contributed by atoms with Crippen molar-refractivity contribution in [2.45, 2.75) is 13.0 Å². The van der Waals surface area contributed by atoms with Gasteiger partial charge in [0.2, 0.25) is 0 Å². The molecule has 0 saturated carbocycles. The van der Waals surface area contributed by atoms with Crippen LogP contribution in [0.15, 0.2) is 36.4 Å². The number of aryl methyl sites for hydroxylation is 1. The predicted molar refractivity (Wildman–Crippen MR) is 68.4 cm³/mol. The van der Waals surface area contributed by atoms with Gasteiger partial charge in [0, 0.05) is 6.07 Å². The van der Waals surface area contributed by atoms with E-state index in [-0.39, 0.29) is 5.82 Å². The lowest BCUT2D eigenvalue weighted by molar-refractivity contribution is 0.570. The highest BCUT2D eigenvalue weighted by atomic mass is 19.1. The molecule has 0 aliphatic rings. The van der Waals surface area contributed by atoms with E-state index in [1.54, 1.807) is 13.1 Å². The zero-order valence-electron chi connectivity index (χ0n) is 10.7. The van der Waals surface area contributed by atoms with Crippen LogP contribution < -0.4 is 5.32 Å². The van der Waals surface area contributed by atoms with Crippen molar-refractivity contribution < 1.29 is 13.2 Å². The maximum atomic E-state index is 13.3. The van der Waals surface area contributed by atoms with E-state index in [2.05, 4.69) is 5.32 Å². The lowest BCUT2D eigenvalue weighted by Crippen LogP contribution is -2.19. The molecule has 1 atom stereocenters. The quantitative estimate of drug-likeness (QED) is 0.891. The van der Waals surface area contributed by atoms with Crippen LogP contribution in [-0.4, -0.2) is 7.05 Å². The maximum absolute atomic E-state index is 13.3. The Morgan fingerprint density at radius 2 is 1.53 bits per heavy atom. The van der Waals surface area contributed by atoms with Crippen LogP contribution in [0.2, 0.25) is 0 Å². The average Bonchev–Trinajstić information content (AvgIpc) is 2.33. The highest BCUT2D eigenvalue weighted by Gasteiger charge is 2.16. The summed E-state index contributed by atoms with van der Waals surface area (Å²) in [6, 6.07) is 7.22. The van der Waals surface area contributed by atoms with Crippen molar-refractivity contribution >= 4 is 0 Å². The van der Waals surface area contributed by atoms with Gasteiger partial charge in [-0.3, -0.25) is 0 Å². The third-order valence-electron chi connectivity index (χ3n) is 3.06. The Kier molecular flexibility index (Phi) is 3.90. The lowest BCUT2D eigenvalue weighted by Gasteiger charge is -2.19. The van der Waals surface area contributed by atoms with E-state index in [1.165, 1.54) is 24.3 Å². The summed E-state index contributed by atoms with van der Waals surface area (Å²) in [6.07, 6.45) is 0. The molecule has 2 rings (SSSR count). The van der Waals surface area contributed by atoms with Crippen LogP contribution in [0.3, 0.4) is 0 Å². The Morgan fingerprint density at radius 3 is 2.11 bits per heavy atom. The monoisotopic (exact) mass is 265 g/mol. The molecule has 0 aromatic heterocycles. The van der Waals surface area contributed by atoms with Crippen LogP contribution in [0.5, 0.6) is 0 Å². The van der Waals surface area contributed by atoms with Crippen molar-refractivity contribution in [2.24, 2.45) is 0 Å². The standard InChI is InChI=1S/C15H14F3N/c1-9-3-4-11(16)8-14(9)15(19-2)10-5-12(17)7-13(18)6-10/h3-8,15,19H,1-2H3. The molecule has 0 heterocycles. The van der Waals surface area contributed by atoms with Gasteiger partial charge in [-0.1, -0.05) is 6.07 Å². The van der Waals surface area contributed by atoms with Gasteiger partial charge >= 0.3 is 0 Å². The molecule has 19 heavy (non-hydrogen) atoms. The van der Waals surface area contributed by atoms with Gasteiger partial charge in [-0.2, -0.15) is 0 Å². The molecule has 0 bridgehead atoms. The molecule has 2 aromatic rings. The third-order valence-corrected chi connectivity index (χ3v) is 3.06. The van der Waals surface area contributed by atoms with Crippen molar-refractivity contribution in [3.8, 4) is 0 Å². The van der Waals surface area contributed by atoms with E-state index in [0.29, 0.717) is 11.1 Å². The molecule has 0 fully saturated rings. The number of hydrogen-bond acceptors (Lipinski definition) is 1. The largest absolute Gasteiger partial charge is 0.309 e. The molecular formula is C15H14F3N. The Bertz CT molecular complexity index is 576. The highest BCUT2D eigenvalue weighted by molar-refractivity contribution is 5.37. The first-order valence-corrected chi connectivity index (χ1v) is 5.90. The van der Waals surface area contributed by atoms with Gasteiger partial charge in [0.25, 0.3) is 0 Å². The Hall–Kier alpha value is -1.81. The molecule has 1 unspecified atom stereocenters. The first kappa shape index (κ1) is 13.6. The van der Waals surface area contributed by atoms with E-state index in [0.717, 1.165) is 11.6 Å². The first-order valence-electron chi connectivity index (χ1n) is 5.90. The fourth-order valence-electron chi connectivity index (χ4n) is 2.17. The molecular weight excluding hydrogens is 251 g/mol. The number of hydrogen-bond donors (Lipinski definition) is 1. The topological polar surface area (TPSA) is 12.0 Å². The van der Waals surface area contributed by atoms with Gasteiger partial charge in [-0.25, -0.2) is 13.2 Å². The second kappa shape index (κ2) is 5.45. The molecule has 0 radical (unpaired) electrons. The minimum atomic E-state index is -0.649. The summed E-state index contributed by atoms with van der Waals surface area (Å²) < 4.78 is 39.9. The summed E-state index contributed by atoms with van der Waals surface area (Å²) in [6.45, 7) is 1.83. The summed E-state index contributed by atoms with van der Waals surface area (Å²) in [5, 5.41) is 2.96. The van der Waals surface area contributed by atoms with E-state index < -0.39 is 17.7 Å². The van der Waals surface area contributed by atoms with E-state index in [4.69, 9.17) is 0 Å². The number of rotatable bonds is 3. The Morgan fingerprint density at radius 1 is 0.895 bits per heavy atom. The molecule has 0 aliphatic carbocycles. The fraction of sp³-hybridized carbons (Fsp3) is 0.200. The normalized spacial score (nSPS) is 12.5. The van der Waals surface area contributed by atoms with Crippen LogP contribution in [-0.2, 0) is 0 Å². The van der Waals surface area contributed by atoms with E-state index >= 15 is 0 Å². The number of nitrogens with one attached hydrogen (secondary N) is 1. The Balaban J connectivity index is 2.52. The smallest absolute Gasteiger partial charge is 0.126 e. The van der Waals surface area contributed by atoms with Crippen LogP contribution >= 0.6 is 0 Å². The molecule has 1 nitrogen and oxygen atoms in total. The minimum absolute atomic E-state index is 0.377. The second-order valence-electron chi connectivity index (χ2n) is 4.43. The van der Waals surface area contributed by atoms with Gasteiger partial charge in [-0.05, 0) is 54.9 Å². The highest BCUT2D eigenvalue weighted by Crippen LogP contribution is 2.26. The van der Waals surface area contributed by atoms with E-state index in [9.17, 15) is 13.2 Å². The van der Waals surface area contributed by atoms with Crippen molar-refractivity contribution in [3.05, 3.63) is 70.5 Å². The van der Waals surface area contributed by atoms with Crippen molar-refractivity contribution in [1.82, 2.24) is 5.32 Å². The minimum Gasteiger partial charge on any atom is -0.309 e. The summed E-state index contributed by atoms with van der Waals surface area (Å²) in [5.74, 6) is -1.67. The Labute approximate surface area is 110 Å². The van der Waals surface area contributed by atoms with Gasteiger partial charge in [0.1, 0.15) is 17.5 Å². The van der Waals surface area contributed by atoms with Crippen molar-refractivity contribution in [3.63, 3.8) is 0 Å². The fourth-order valence-corrected chi connectivity index (χ4v) is 2.17. The SMILES string of the molecule is CNC(c1cc(F)cc(F)c1)c1cc(F)ccc1C. The zero-order valence-corrected chi connectivity index (χ0v) is 10.7. The summed E-state index contributed by atoms with van der Waals surface area (Å²) >= 11 is 0. The zero-order chi connectivity index (χ0) is 14.0. The van der Waals surface area contributed by atoms with Gasteiger partial charge in [-0.15, -0.1) is 0 Å². The molecule has 4 heteroatoms. The molecule has 100 valence electrons. The third kappa shape index (κ3) is 2.96.